The summed E-state index contributed by atoms with van der Waals surface area (Å²) < 4.78 is 0. The molecular weight excluding hydrogens is 196 g/mol. The summed E-state index contributed by atoms with van der Waals surface area (Å²) in [6, 6.07) is 1.54. The van der Waals surface area contributed by atoms with E-state index in [0.717, 1.165) is 29.8 Å². The van der Waals surface area contributed by atoms with Crippen molar-refractivity contribution in [3.63, 3.8) is 0 Å². The number of nitrogens with one attached hydrogen (secondary N) is 1. The van der Waals surface area contributed by atoms with Crippen LogP contribution in [-0.4, -0.2) is 37.1 Å². The van der Waals surface area contributed by atoms with Crippen molar-refractivity contribution in [3.8, 4) is 0 Å². The zero-order valence-electron chi connectivity index (χ0n) is 10.8. The Morgan fingerprint density at radius 3 is 2.62 bits per heavy atom. The first kappa shape index (κ1) is 11.0. The van der Waals surface area contributed by atoms with Crippen LogP contribution in [0.4, 0.5) is 0 Å². The molecule has 16 heavy (non-hydrogen) atoms. The van der Waals surface area contributed by atoms with E-state index in [0.29, 0.717) is 0 Å². The van der Waals surface area contributed by atoms with Gasteiger partial charge < -0.3 is 10.2 Å². The van der Waals surface area contributed by atoms with Gasteiger partial charge in [-0.2, -0.15) is 0 Å². The lowest BCUT2D eigenvalue weighted by Crippen LogP contribution is -2.36. The molecule has 1 N–H and O–H groups in total. The van der Waals surface area contributed by atoms with E-state index in [2.05, 4.69) is 24.2 Å². The van der Waals surface area contributed by atoms with Crippen molar-refractivity contribution in [2.45, 2.75) is 51.1 Å². The summed E-state index contributed by atoms with van der Waals surface area (Å²) >= 11 is 0. The summed E-state index contributed by atoms with van der Waals surface area (Å²) in [5.41, 5.74) is 0. The van der Waals surface area contributed by atoms with E-state index in [9.17, 15) is 0 Å². The van der Waals surface area contributed by atoms with Crippen LogP contribution in [0, 0.1) is 17.8 Å². The van der Waals surface area contributed by atoms with E-state index in [1.54, 1.807) is 6.42 Å². The molecule has 0 aromatic carbocycles. The number of likely N-dealkylation sites (tertiary alicyclic amines) is 1. The molecule has 3 rings (SSSR count). The van der Waals surface area contributed by atoms with Crippen LogP contribution in [0.3, 0.4) is 0 Å². The van der Waals surface area contributed by atoms with Gasteiger partial charge >= 0.3 is 0 Å². The van der Waals surface area contributed by atoms with Crippen LogP contribution in [-0.2, 0) is 0 Å². The Morgan fingerprint density at radius 2 is 2.06 bits per heavy atom. The number of nitrogens with zero attached hydrogens (tertiary/aromatic N) is 1. The lowest BCUT2D eigenvalue weighted by molar-refractivity contribution is 0.300. The Balaban J connectivity index is 1.44. The van der Waals surface area contributed by atoms with Gasteiger partial charge in [0.05, 0.1) is 0 Å². The Morgan fingerprint density at radius 1 is 1.19 bits per heavy atom. The average Bonchev–Trinajstić information content (AvgIpc) is 2.92. The molecule has 0 radical (unpaired) electrons. The van der Waals surface area contributed by atoms with Gasteiger partial charge in [-0.25, -0.2) is 0 Å². The maximum atomic E-state index is 3.83. The van der Waals surface area contributed by atoms with Crippen molar-refractivity contribution in [1.82, 2.24) is 10.2 Å². The number of hydrogen-bond donors (Lipinski definition) is 1. The molecule has 0 aromatic heterocycles. The minimum Gasteiger partial charge on any atom is -0.312 e. The van der Waals surface area contributed by atoms with Gasteiger partial charge in [0.2, 0.25) is 0 Å². The Kier molecular flexibility index (Phi) is 2.97. The van der Waals surface area contributed by atoms with E-state index < -0.39 is 0 Å². The zero-order chi connectivity index (χ0) is 11.1. The molecule has 0 spiro atoms. The maximum Gasteiger partial charge on any atom is 0.0209 e. The second-order valence-electron chi connectivity index (χ2n) is 6.56. The van der Waals surface area contributed by atoms with Crippen LogP contribution in [0.15, 0.2) is 0 Å². The molecular formula is C14H26N2. The second kappa shape index (κ2) is 4.30. The second-order valence-corrected chi connectivity index (χ2v) is 6.56. The summed E-state index contributed by atoms with van der Waals surface area (Å²) in [5.74, 6) is 3.19. The third-order valence-corrected chi connectivity index (χ3v) is 5.44. The smallest absolute Gasteiger partial charge is 0.0209 e. The number of fused-ring (bicyclic) bond motifs is 2. The Hall–Kier alpha value is -0.0800. The van der Waals surface area contributed by atoms with Gasteiger partial charge in [-0.1, -0.05) is 6.42 Å². The SMILES string of the molecule is CC1CC(NCC2CC3CCC2C3)CN1C. The first-order valence-corrected chi connectivity index (χ1v) is 7.16. The van der Waals surface area contributed by atoms with Crippen LogP contribution in [0.25, 0.3) is 0 Å². The molecule has 2 heteroatoms. The predicted octanol–water partition coefficient (Wildman–Crippen LogP) is 2.10. The molecule has 2 bridgehead atoms. The van der Waals surface area contributed by atoms with Gasteiger partial charge in [-0.05, 0) is 64.0 Å². The fourth-order valence-corrected chi connectivity index (χ4v) is 4.29. The number of rotatable bonds is 3. The molecule has 2 nitrogen and oxygen atoms in total. The molecule has 1 heterocycles. The lowest BCUT2D eigenvalue weighted by atomic mass is 9.88. The molecule has 92 valence electrons. The minimum absolute atomic E-state index is 0.763. The summed E-state index contributed by atoms with van der Waals surface area (Å²) in [4.78, 5) is 2.48. The van der Waals surface area contributed by atoms with Gasteiger partial charge in [-0.3, -0.25) is 0 Å². The summed E-state index contributed by atoms with van der Waals surface area (Å²) in [6.07, 6.45) is 7.47. The summed E-state index contributed by atoms with van der Waals surface area (Å²) in [5, 5.41) is 3.83. The Labute approximate surface area is 99.8 Å². The third-order valence-electron chi connectivity index (χ3n) is 5.44. The molecule has 1 saturated heterocycles. The van der Waals surface area contributed by atoms with Crippen LogP contribution in [0.5, 0.6) is 0 Å². The first-order chi connectivity index (χ1) is 7.72. The highest BCUT2D eigenvalue weighted by molar-refractivity contribution is 4.92. The molecule has 5 atom stereocenters. The predicted molar refractivity (Wildman–Crippen MR) is 67.4 cm³/mol. The van der Waals surface area contributed by atoms with Crippen molar-refractivity contribution >= 4 is 0 Å². The van der Waals surface area contributed by atoms with Crippen molar-refractivity contribution < 1.29 is 0 Å². The van der Waals surface area contributed by atoms with E-state index in [1.807, 2.05) is 0 Å². The third kappa shape index (κ3) is 2.02. The molecule has 2 saturated carbocycles. The van der Waals surface area contributed by atoms with E-state index in [-0.39, 0.29) is 0 Å². The standard InChI is InChI=1S/C14H26N2/c1-10-5-14(9-16(10)2)15-8-13-7-11-3-4-12(13)6-11/h10-15H,3-9H2,1-2H3. The molecule has 1 aliphatic heterocycles. The van der Waals surface area contributed by atoms with E-state index in [4.69, 9.17) is 0 Å². The van der Waals surface area contributed by atoms with E-state index >= 15 is 0 Å². The van der Waals surface area contributed by atoms with Gasteiger partial charge in [0.25, 0.3) is 0 Å². The fourth-order valence-electron chi connectivity index (χ4n) is 4.29. The van der Waals surface area contributed by atoms with Crippen LogP contribution < -0.4 is 5.32 Å². The van der Waals surface area contributed by atoms with Crippen molar-refractivity contribution in [3.05, 3.63) is 0 Å². The van der Waals surface area contributed by atoms with Crippen LogP contribution >= 0.6 is 0 Å². The molecule has 3 fully saturated rings. The minimum atomic E-state index is 0.763. The quantitative estimate of drug-likeness (QED) is 0.787. The fraction of sp³-hybridized carbons (Fsp3) is 1.00. The molecule has 0 amide bonds. The molecule has 0 aromatic rings. The highest BCUT2D eigenvalue weighted by atomic mass is 15.2. The summed E-state index contributed by atoms with van der Waals surface area (Å²) in [6.45, 7) is 4.90. The van der Waals surface area contributed by atoms with Gasteiger partial charge in [0.1, 0.15) is 0 Å². The van der Waals surface area contributed by atoms with Crippen LogP contribution in [0.2, 0.25) is 0 Å². The lowest BCUT2D eigenvalue weighted by Gasteiger charge is -2.24. The number of likely N-dealkylation sites (N-methyl/N-ethyl adjacent to an activating group) is 1. The van der Waals surface area contributed by atoms with Crippen LogP contribution in [0.1, 0.15) is 39.0 Å². The topological polar surface area (TPSA) is 15.3 Å². The normalized spacial score (nSPS) is 48.0. The van der Waals surface area contributed by atoms with E-state index in [1.165, 1.54) is 38.8 Å². The van der Waals surface area contributed by atoms with Gasteiger partial charge in [0, 0.05) is 18.6 Å². The van der Waals surface area contributed by atoms with Crippen molar-refractivity contribution in [1.29, 1.82) is 0 Å². The van der Waals surface area contributed by atoms with Crippen molar-refractivity contribution in [2.75, 3.05) is 20.1 Å². The van der Waals surface area contributed by atoms with Gasteiger partial charge in [0.15, 0.2) is 0 Å². The Bertz CT molecular complexity index is 243. The molecule has 2 aliphatic carbocycles. The average molecular weight is 222 g/mol. The highest BCUT2D eigenvalue weighted by Gasteiger charge is 2.39. The first-order valence-electron chi connectivity index (χ1n) is 7.16. The maximum absolute atomic E-state index is 3.83. The molecule has 5 unspecified atom stereocenters. The molecule has 3 aliphatic rings. The van der Waals surface area contributed by atoms with Gasteiger partial charge in [-0.15, -0.1) is 0 Å². The van der Waals surface area contributed by atoms with Crippen molar-refractivity contribution in [2.24, 2.45) is 17.8 Å². The highest BCUT2D eigenvalue weighted by Crippen LogP contribution is 2.48. The monoisotopic (exact) mass is 222 g/mol. The zero-order valence-corrected chi connectivity index (χ0v) is 10.8. The number of hydrogen-bond acceptors (Lipinski definition) is 2. The largest absolute Gasteiger partial charge is 0.312 e. The summed E-state index contributed by atoms with van der Waals surface area (Å²) in [7, 11) is 2.25.